The van der Waals surface area contributed by atoms with Gasteiger partial charge in [-0.2, -0.15) is 0 Å². The summed E-state index contributed by atoms with van der Waals surface area (Å²) in [6.07, 6.45) is 5.00. The summed E-state index contributed by atoms with van der Waals surface area (Å²) in [6.45, 7) is 13.4. The second-order valence-corrected chi connectivity index (χ2v) is 3.50. The second kappa shape index (κ2) is 18.7. The molecule has 0 unspecified atom stereocenters. The summed E-state index contributed by atoms with van der Waals surface area (Å²) >= 11 is 0. The summed E-state index contributed by atoms with van der Waals surface area (Å²) in [7, 11) is 0. The summed E-state index contributed by atoms with van der Waals surface area (Å²) in [5.74, 6) is 0. The molecule has 0 aliphatic heterocycles. The number of hydrogen-bond donors (Lipinski definition) is 2. The predicted molar refractivity (Wildman–Crippen MR) is 66.9 cm³/mol. The van der Waals surface area contributed by atoms with E-state index < -0.39 is 0 Å². The van der Waals surface area contributed by atoms with Gasteiger partial charge in [0, 0.05) is 0 Å². The lowest BCUT2D eigenvalue weighted by molar-refractivity contribution is 0.662. The van der Waals surface area contributed by atoms with Crippen LogP contribution in [0.5, 0.6) is 0 Å². The Morgan fingerprint density at radius 1 is 0.500 bits per heavy atom. The minimum Gasteiger partial charge on any atom is -0.317 e. The molecule has 0 aromatic heterocycles. The molecule has 2 N–H and O–H groups in total. The van der Waals surface area contributed by atoms with Crippen molar-refractivity contribution in [3.63, 3.8) is 0 Å². The van der Waals surface area contributed by atoms with E-state index in [4.69, 9.17) is 0 Å². The van der Waals surface area contributed by atoms with E-state index in [1.54, 1.807) is 0 Å². The van der Waals surface area contributed by atoms with Gasteiger partial charge in [-0.15, -0.1) is 0 Å². The fourth-order valence-electron chi connectivity index (χ4n) is 0.957. The molecule has 0 saturated heterocycles. The van der Waals surface area contributed by atoms with Gasteiger partial charge in [-0.05, 0) is 51.9 Å². The van der Waals surface area contributed by atoms with Crippen LogP contribution in [0.1, 0.15) is 53.4 Å². The Hall–Kier alpha value is -0.0800. The van der Waals surface area contributed by atoms with Crippen molar-refractivity contribution in [2.75, 3.05) is 26.2 Å². The summed E-state index contributed by atoms with van der Waals surface area (Å²) in [5.41, 5.74) is 0. The third-order valence-corrected chi connectivity index (χ3v) is 1.71. The van der Waals surface area contributed by atoms with Crippen molar-refractivity contribution < 1.29 is 0 Å². The Bertz CT molecular complexity index is 56.7. The first-order valence-electron chi connectivity index (χ1n) is 6.24. The molecule has 88 valence electrons. The monoisotopic (exact) mass is 202 g/mol. The topological polar surface area (TPSA) is 24.1 Å². The highest BCUT2D eigenvalue weighted by Crippen LogP contribution is 1.72. The van der Waals surface area contributed by atoms with E-state index in [9.17, 15) is 0 Å². The van der Waals surface area contributed by atoms with Crippen molar-refractivity contribution >= 4 is 0 Å². The van der Waals surface area contributed by atoms with Gasteiger partial charge in [-0.1, -0.05) is 27.7 Å². The van der Waals surface area contributed by atoms with E-state index in [1.165, 1.54) is 51.9 Å². The summed E-state index contributed by atoms with van der Waals surface area (Å²) in [6, 6.07) is 0. The lowest BCUT2D eigenvalue weighted by Gasteiger charge is -1.95. The van der Waals surface area contributed by atoms with Gasteiger partial charge in [0.15, 0.2) is 0 Å². The van der Waals surface area contributed by atoms with E-state index >= 15 is 0 Å². The maximum absolute atomic E-state index is 3.28. The molecule has 0 heterocycles. The van der Waals surface area contributed by atoms with Crippen molar-refractivity contribution in [2.24, 2.45) is 0 Å². The fraction of sp³-hybridized carbons (Fsp3) is 1.00. The highest BCUT2D eigenvalue weighted by molar-refractivity contribution is 4.40. The van der Waals surface area contributed by atoms with E-state index in [1.807, 2.05) is 0 Å². The zero-order valence-corrected chi connectivity index (χ0v) is 10.7. The van der Waals surface area contributed by atoms with Crippen LogP contribution in [0, 0.1) is 0 Å². The molecule has 0 aromatic rings. The van der Waals surface area contributed by atoms with Crippen molar-refractivity contribution in [1.29, 1.82) is 0 Å². The van der Waals surface area contributed by atoms with Crippen molar-refractivity contribution in [2.45, 2.75) is 53.4 Å². The zero-order chi connectivity index (χ0) is 11.1. The molecule has 14 heavy (non-hydrogen) atoms. The molecule has 0 aliphatic rings. The summed E-state index contributed by atoms with van der Waals surface area (Å²) in [5, 5.41) is 6.57. The highest BCUT2D eigenvalue weighted by Gasteiger charge is 1.77. The van der Waals surface area contributed by atoms with Crippen LogP contribution in [0.2, 0.25) is 0 Å². The molecule has 0 radical (unpaired) electrons. The molecule has 0 aromatic carbocycles. The van der Waals surface area contributed by atoms with Gasteiger partial charge < -0.3 is 10.6 Å². The van der Waals surface area contributed by atoms with E-state index in [0.717, 1.165) is 0 Å². The molecular weight excluding hydrogens is 172 g/mol. The fourth-order valence-corrected chi connectivity index (χ4v) is 0.957. The summed E-state index contributed by atoms with van der Waals surface area (Å²) < 4.78 is 0. The molecule has 0 spiro atoms. The minimum absolute atomic E-state index is 1.17. The molecule has 0 fully saturated rings. The standard InChI is InChI=1S/2C6H15N/c2*1-3-5-7-6-4-2/h2*7H,3-6H2,1-2H3. The average Bonchev–Trinajstić information content (AvgIpc) is 2.21. The Labute approximate surface area is 90.9 Å². The van der Waals surface area contributed by atoms with Crippen LogP contribution in [0.25, 0.3) is 0 Å². The molecule has 0 bridgehead atoms. The first-order valence-corrected chi connectivity index (χ1v) is 6.24. The largest absolute Gasteiger partial charge is 0.317 e. The van der Waals surface area contributed by atoms with Crippen molar-refractivity contribution in [3.8, 4) is 0 Å². The molecule has 2 nitrogen and oxygen atoms in total. The van der Waals surface area contributed by atoms with Gasteiger partial charge in [0.2, 0.25) is 0 Å². The number of rotatable bonds is 8. The zero-order valence-electron chi connectivity index (χ0n) is 10.7. The summed E-state index contributed by atoms with van der Waals surface area (Å²) in [4.78, 5) is 0. The SMILES string of the molecule is CCCNCCC.CCCNCCC. The molecule has 0 rings (SSSR count). The van der Waals surface area contributed by atoms with Crippen LogP contribution in [0.15, 0.2) is 0 Å². The number of hydrogen-bond acceptors (Lipinski definition) is 2. The van der Waals surface area contributed by atoms with Gasteiger partial charge in [-0.25, -0.2) is 0 Å². The lowest BCUT2D eigenvalue weighted by Crippen LogP contribution is -2.14. The molecule has 0 saturated carbocycles. The molecule has 2 heteroatoms. The van der Waals surface area contributed by atoms with Gasteiger partial charge >= 0.3 is 0 Å². The smallest absolute Gasteiger partial charge is 0.00516 e. The van der Waals surface area contributed by atoms with Crippen LogP contribution >= 0.6 is 0 Å². The highest BCUT2D eigenvalue weighted by atomic mass is 14.8. The third-order valence-electron chi connectivity index (χ3n) is 1.71. The average molecular weight is 202 g/mol. The maximum atomic E-state index is 3.28. The van der Waals surface area contributed by atoms with E-state index in [-0.39, 0.29) is 0 Å². The van der Waals surface area contributed by atoms with Crippen molar-refractivity contribution in [3.05, 3.63) is 0 Å². The molecule has 0 amide bonds. The first kappa shape index (κ1) is 16.4. The predicted octanol–water partition coefficient (Wildman–Crippen LogP) is 2.79. The molecule has 0 atom stereocenters. The van der Waals surface area contributed by atoms with Crippen molar-refractivity contribution in [1.82, 2.24) is 10.6 Å². The van der Waals surface area contributed by atoms with Crippen LogP contribution in [-0.4, -0.2) is 26.2 Å². The third kappa shape index (κ3) is 22.7. The van der Waals surface area contributed by atoms with E-state index in [2.05, 4.69) is 38.3 Å². The Morgan fingerprint density at radius 2 is 0.714 bits per heavy atom. The van der Waals surface area contributed by atoms with Gasteiger partial charge in [0.1, 0.15) is 0 Å². The van der Waals surface area contributed by atoms with Gasteiger partial charge in [0.25, 0.3) is 0 Å². The normalized spacial score (nSPS) is 9.43. The quantitative estimate of drug-likeness (QED) is 0.591. The molecular formula is C12H30N2. The van der Waals surface area contributed by atoms with Crippen LogP contribution in [0.4, 0.5) is 0 Å². The van der Waals surface area contributed by atoms with Crippen LogP contribution < -0.4 is 10.6 Å². The lowest BCUT2D eigenvalue weighted by atomic mass is 10.4. The first-order chi connectivity index (χ1) is 6.83. The van der Waals surface area contributed by atoms with E-state index in [0.29, 0.717) is 0 Å². The minimum atomic E-state index is 1.17. The maximum Gasteiger partial charge on any atom is -0.00516 e. The molecule has 0 aliphatic carbocycles. The van der Waals surface area contributed by atoms with Gasteiger partial charge in [0.05, 0.1) is 0 Å². The second-order valence-electron chi connectivity index (χ2n) is 3.50. The number of nitrogens with one attached hydrogen (secondary N) is 2. The van der Waals surface area contributed by atoms with Crippen LogP contribution in [-0.2, 0) is 0 Å². The Morgan fingerprint density at radius 3 is 0.857 bits per heavy atom. The Balaban J connectivity index is 0. The van der Waals surface area contributed by atoms with Crippen LogP contribution in [0.3, 0.4) is 0 Å². The van der Waals surface area contributed by atoms with Gasteiger partial charge in [-0.3, -0.25) is 0 Å². The Kier molecular flexibility index (Phi) is 21.8.